The molecule has 0 atom stereocenters. The average Bonchev–Trinajstić information content (AvgIpc) is 2.93. The molecule has 1 aliphatic rings. The number of ether oxygens (including phenoxy) is 1. The van der Waals surface area contributed by atoms with Gasteiger partial charge in [-0.05, 0) is 36.4 Å². The number of aryl methyl sites for hydroxylation is 1. The van der Waals surface area contributed by atoms with Gasteiger partial charge in [-0.3, -0.25) is 4.79 Å². The van der Waals surface area contributed by atoms with Crippen molar-refractivity contribution < 1.29 is 9.53 Å². The normalized spacial score (nSPS) is 13.5. The number of nitrogens with one attached hydrogen (secondary N) is 1. The highest BCUT2D eigenvalue weighted by molar-refractivity contribution is 6.30. The van der Waals surface area contributed by atoms with E-state index in [2.05, 4.69) is 10.5 Å². The van der Waals surface area contributed by atoms with Crippen LogP contribution in [-0.4, -0.2) is 23.3 Å². The van der Waals surface area contributed by atoms with Crippen LogP contribution in [-0.2, 0) is 7.05 Å². The molecule has 2 heterocycles. The van der Waals surface area contributed by atoms with Crippen LogP contribution in [0.5, 0.6) is 5.75 Å². The van der Waals surface area contributed by atoms with Crippen molar-refractivity contribution in [2.45, 2.75) is 0 Å². The predicted molar refractivity (Wildman–Crippen MR) is 86.3 cm³/mol. The van der Waals surface area contributed by atoms with Gasteiger partial charge in [-0.15, -0.1) is 0 Å². The number of rotatable bonds is 3. The second-order valence-electron chi connectivity index (χ2n) is 4.89. The van der Waals surface area contributed by atoms with Crippen LogP contribution < -0.4 is 10.2 Å². The van der Waals surface area contributed by atoms with E-state index >= 15 is 0 Å². The summed E-state index contributed by atoms with van der Waals surface area (Å²) in [5.74, 6) is 0.527. The lowest BCUT2D eigenvalue weighted by molar-refractivity contribution is 0.0947. The Morgan fingerprint density at radius 3 is 3.09 bits per heavy atom. The summed E-state index contributed by atoms with van der Waals surface area (Å²) in [4.78, 5) is 11.9. The SMILES string of the molecule is Cn1cccc1C(=O)NN=CC1=Cc2cc(Cl)ccc2OC1. The molecule has 112 valence electrons. The van der Waals surface area contributed by atoms with E-state index in [1.165, 1.54) is 0 Å². The first-order valence-electron chi connectivity index (χ1n) is 6.71. The van der Waals surface area contributed by atoms with Crippen LogP contribution in [0.15, 0.2) is 47.2 Å². The molecule has 0 fully saturated rings. The van der Waals surface area contributed by atoms with Crippen LogP contribution in [0.2, 0.25) is 5.02 Å². The standard InChI is InChI=1S/C16H14ClN3O2/c1-20-6-2-3-14(20)16(21)19-18-9-11-7-12-8-13(17)4-5-15(12)22-10-11/h2-9H,10H2,1H3,(H,19,21). The van der Waals surface area contributed by atoms with Crippen LogP contribution in [0.25, 0.3) is 6.08 Å². The lowest BCUT2D eigenvalue weighted by Crippen LogP contribution is -2.20. The molecule has 1 aromatic heterocycles. The van der Waals surface area contributed by atoms with E-state index in [1.54, 1.807) is 42.2 Å². The first kappa shape index (κ1) is 14.4. The summed E-state index contributed by atoms with van der Waals surface area (Å²) in [7, 11) is 1.80. The monoisotopic (exact) mass is 315 g/mol. The highest BCUT2D eigenvalue weighted by Crippen LogP contribution is 2.28. The van der Waals surface area contributed by atoms with Crippen LogP contribution >= 0.6 is 11.6 Å². The maximum absolute atomic E-state index is 11.9. The van der Waals surface area contributed by atoms with Gasteiger partial charge in [0.1, 0.15) is 18.1 Å². The van der Waals surface area contributed by atoms with Crippen molar-refractivity contribution in [3.63, 3.8) is 0 Å². The molecule has 6 heteroatoms. The Hall–Kier alpha value is -2.53. The number of halogens is 1. The molecule has 1 N–H and O–H groups in total. The van der Waals surface area contributed by atoms with Crippen LogP contribution in [0.3, 0.4) is 0 Å². The zero-order valence-corrected chi connectivity index (χ0v) is 12.7. The second kappa shape index (κ2) is 6.07. The first-order chi connectivity index (χ1) is 10.6. The van der Waals surface area contributed by atoms with Crippen molar-refractivity contribution in [3.05, 3.63) is 58.4 Å². The summed E-state index contributed by atoms with van der Waals surface area (Å²) < 4.78 is 7.33. The second-order valence-corrected chi connectivity index (χ2v) is 5.33. The van der Waals surface area contributed by atoms with Gasteiger partial charge in [-0.1, -0.05) is 11.6 Å². The number of carbonyl (C=O) groups is 1. The molecule has 0 spiro atoms. The smallest absolute Gasteiger partial charge is 0.287 e. The van der Waals surface area contributed by atoms with Gasteiger partial charge >= 0.3 is 0 Å². The molecule has 0 unspecified atom stereocenters. The molecule has 0 saturated heterocycles. The zero-order valence-electron chi connectivity index (χ0n) is 11.9. The largest absolute Gasteiger partial charge is 0.488 e. The van der Waals surface area contributed by atoms with E-state index in [-0.39, 0.29) is 5.91 Å². The fourth-order valence-electron chi connectivity index (χ4n) is 2.17. The third-order valence-electron chi connectivity index (χ3n) is 3.28. The highest BCUT2D eigenvalue weighted by Gasteiger charge is 2.11. The molecule has 22 heavy (non-hydrogen) atoms. The lowest BCUT2D eigenvalue weighted by Gasteiger charge is -2.15. The fraction of sp³-hybridized carbons (Fsp3) is 0.125. The van der Waals surface area contributed by atoms with Gasteiger partial charge in [-0.2, -0.15) is 5.10 Å². The number of hydrogen-bond donors (Lipinski definition) is 1. The first-order valence-corrected chi connectivity index (χ1v) is 7.09. The van der Waals surface area contributed by atoms with Crippen molar-refractivity contribution >= 4 is 29.8 Å². The van der Waals surface area contributed by atoms with E-state index in [1.807, 2.05) is 18.2 Å². The Morgan fingerprint density at radius 1 is 1.45 bits per heavy atom. The number of nitrogens with zero attached hydrogens (tertiary/aromatic N) is 2. The molecule has 1 aliphatic heterocycles. The zero-order chi connectivity index (χ0) is 15.5. The molecule has 0 radical (unpaired) electrons. The minimum atomic E-state index is -0.260. The van der Waals surface area contributed by atoms with Gasteiger partial charge < -0.3 is 9.30 Å². The highest BCUT2D eigenvalue weighted by atomic mass is 35.5. The predicted octanol–water partition coefficient (Wildman–Crippen LogP) is 2.87. The van der Waals surface area contributed by atoms with E-state index < -0.39 is 0 Å². The number of fused-ring (bicyclic) bond motifs is 1. The van der Waals surface area contributed by atoms with Gasteiger partial charge in [0.15, 0.2) is 0 Å². The van der Waals surface area contributed by atoms with E-state index in [0.717, 1.165) is 16.9 Å². The Labute approximate surface area is 132 Å². The summed E-state index contributed by atoms with van der Waals surface area (Å²) in [5.41, 5.74) is 4.79. The Kier molecular flexibility index (Phi) is 3.98. The molecular weight excluding hydrogens is 302 g/mol. The molecule has 1 amide bonds. The van der Waals surface area contributed by atoms with Gasteiger partial charge in [0.2, 0.25) is 0 Å². The van der Waals surface area contributed by atoms with Crippen LogP contribution in [0.4, 0.5) is 0 Å². The number of aromatic nitrogens is 1. The number of carbonyl (C=O) groups excluding carboxylic acids is 1. The van der Waals surface area contributed by atoms with Gasteiger partial charge in [0, 0.05) is 29.4 Å². The van der Waals surface area contributed by atoms with Gasteiger partial charge in [-0.25, -0.2) is 5.43 Å². The van der Waals surface area contributed by atoms with Crippen molar-refractivity contribution in [1.82, 2.24) is 9.99 Å². The van der Waals surface area contributed by atoms with Crippen LogP contribution in [0.1, 0.15) is 16.1 Å². The molecule has 1 aromatic carbocycles. The minimum absolute atomic E-state index is 0.260. The third kappa shape index (κ3) is 3.04. The Bertz CT molecular complexity index is 777. The minimum Gasteiger partial charge on any atom is -0.488 e. The summed E-state index contributed by atoms with van der Waals surface area (Å²) in [5, 5.41) is 4.62. The number of hydrazone groups is 1. The number of benzene rings is 1. The van der Waals surface area contributed by atoms with Crippen LogP contribution in [0, 0.1) is 0 Å². The molecule has 0 bridgehead atoms. The van der Waals surface area contributed by atoms with Crippen molar-refractivity contribution in [1.29, 1.82) is 0 Å². The van der Waals surface area contributed by atoms with E-state index in [0.29, 0.717) is 17.3 Å². The van der Waals surface area contributed by atoms with E-state index in [4.69, 9.17) is 16.3 Å². The van der Waals surface area contributed by atoms with Crippen molar-refractivity contribution in [2.75, 3.05) is 6.61 Å². The summed E-state index contributed by atoms with van der Waals surface area (Å²) in [6.07, 6.45) is 5.31. The maximum atomic E-state index is 11.9. The Morgan fingerprint density at radius 2 is 2.32 bits per heavy atom. The third-order valence-corrected chi connectivity index (χ3v) is 3.52. The molecule has 3 rings (SSSR count). The topological polar surface area (TPSA) is 55.6 Å². The molecular formula is C16H14ClN3O2. The summed E-state index contributed by atoms with van der Waals surface area (Å²) >= 11 is 5.96. The molecule has 0 aliphatic carbocycles. The molecule has 0 saturated carbocycles. The molecule has 5 nitrogen and oxygen atoms in total. The summed E-state index contributed by atoms with van der Waals surface area (Å²) in [6.45, 7) is 0.401. The number of hydrogen-bond acceptors (Lipinski definition) is 3. The van der Waals surface area contributed by atoms with Gasteiger partial charge in [0.05, 0.1) is 6.21 Å². The van der Waals surface area contributed by atoms with E-state index in [9.17, 15) is 4.79 Å². The summed E-state index contributed by atoms with van der Waals surface area (Å²) in [6, 6.07) is 8.97. The fourth-order valence-corrected chi connectivity index (χ4v) is 2.35. The Balaban J connectivity index is 1.69. The number of amides is 1. The average molecular weight is 316 g/mol. The quantitative estimate of drug-likeness (QED) is 0.699. The van der Waals surface area contributed by atoms with Gasteiger partial charge in [0.25, 0.3) is 5.91 Å². The lowest BCUT2D eigenvalue weighted by atomic mass is 10.1. The van der Waals surface area contributed by atoms with Crippen molar-refractivity contribution in [2.24, 2.45) is 12.1 Å². The molecule has 2 aromatic rings. The maximum Gasteiger partial charge on any atom is 0.287 e. The van der Waals surface area contributed by atoms with Crippen molar-refractivity contribution in [3.8, 4) is 5.75 Å².